The van der Waals surface area contributed by atoms with Gasteiger partial charge in [-0.25, -0.2) is 0 Å². The summed E-state index contributed by atoms with van der Waals surface area (Å²) in [6, 6.07) is 7.71. The fourth-order valence-corrected chi connectivity index (χ4v) is 1.74. The molecule has 2 aromatic rings. The molecule has 0 radical (unpaired) electrons. The van der Waals surface area contributed by atoms with Gasteiger partial charge in [0.1, 0.15) is 0 Å². The summed E-state index contributed by atoms with van der Waals surface area (Å²) in [4.78, 5) is 5.32. The number of benzene rings is 1. The Bertz CT molecular complexity index is 572. The molecule has 0 bridgehead atoms. The Morgan fingerprint density at radius 3 is 2.50 bits per heavy atom. The van der Waals surface area contributed by atoms with Crippen LogP contribution in [-0.4, -0.2) is 28.3 Å². The van der Waals surface area contributed by atoms with Crippen LogP contribution in [0.15, 0.2) is 46.0 Å². The maximum atomic E-state index is 7.86. The van der Waals surface area contributed by atoms with Crippen molar-refractivity contribution >= 4 is 12.6 Å². The van der Waals surface area contributed by atoms with Gasteiger partial charge in [-0.1, -0.05) is 11.7 Å². The molecule has 0 amide bonds. The zero-order valence-electron chi connectivity index (χ0n) is 11.2. The first kappa shape index (κ1) is 14.6. The number of nitrogens with zero attached hydrogens (tertiary/aromatic N) is 2. The van der Waals surface area contributed by atoms with Crippen molar-refractivity contribution in [1.29, 1.82) is 0 Å². The van der Waals surface area contributed by atoms with Crippen molar-refractivity contribution in [2.75, 3.05) is 13.1 Å². The number of nitrogens with one attached hydrogen (secondary N) is 1. The summed E-state index contributed by atoms with van der Waals surface area (Å²) in [5, 5.41) is 15.0. The third-order valence-corrected chi connectivity index (χ3v) is 3.00. The Hall–Kier alpha value is -1.79. The zero-order valence-corrected chi connectivity index (χ0v) is 12.1. The molecule has 1 aromatic carbocycles. The molecule has 0 spiro atoms. The number of thiol groups is 1. The molecule has 1 aliphatic heterocycles. The predicted octanol–water partition coefficient (Wildman–Crippen LogP) is 2.79. The van der Waals surface area contributed by atoms with E-state index in [1.54, 1.807) is 0 Å². The van der Waals surface area contributed by atoms with Gasteiger partial charge < -0.3 is 14.9 Å². The summed E-state index contributed by atoms with van der Waals surface area (Å²) >= 11 is 4.23. The molecule has 2 heterocycles. The molecule has 106 valence electrons. The Morgan fingerprint density at radius 1 is 1.40 bits per heavy atom. The maximum absolute atomic E-state index is 7.86. The second-order valence-corrected chi connectivity index (χ2v) is 5.11. The minimum atomic E-state index is 0.167. The minimum Gasteiger partial charge on any atom is -0.513 e. The highest BCUT2D eigenvalue weighted by atomic mass is 32.1. The molecule has 6 heteroatoms. The van der Waals surface area contributed by atoms with Crippen LogP contribution >= 0.6 is 12.6 Å². The Labute approximate surface area is 123 Å². The summed E-state index contributed by atoms with van der Waals surface area (Å²) in [7, 11) is 0. The smallest absolute Gasteiger partial charge is 0.232 e. The van der Waals surface area contributed by atoms with E-state index in [2.05, 4.69) is 34.7 Å². The average molecular weight is 291 g/mol. The predicted molar refractivity (Wildman–Crippen MR) is 80.0 cm³/mol. The van der Waals surface area contributed by atoms with E-state index < -0.39 is 0 Å². The highest BCUT2D eigenvalue weighted by Crippen LogP contribution is 2.22. The van der Waals surface area contributed by atoms with Crippen molar-refractivity contribution in [3.63, 3.8) is 0 Å². The molecular formula is C14H17N3O2S. The van der Waals surface area contributed by atoms with Gasteiger partial charge in [0, 0.05) is 23.5 Å². The van der Waals surface area contributed by atoms with Gasteiger partial charge in [-0.15, -0.1) is 12.6 Å². The first-order chi connectivity index (χ1) is 9.56. The van der Waals surface area contributed by atoms with E-state index in [4.69, 9.17) is 9.63 Å². The van der Waals surface area contributed by atoms with Crippen LogP contribution in [0, 0.1) is 0 Å². The summed E-state index contributed by atoms with van der Waals surface area (Å²) in [5.74, 6) is 1.92. The van der Waals surface area contributed by atoms with E-state index in [-0.39, 0.29) is 5.76 Å². The van der Waals surface area contributed by atoms with Crippen LogP contribution < -0.4 is 5.32 Å². The molecule has 2 N–H and O–H groups in total. The SMILES string of the molecule is C=C(C)O.Sc1ccc(-c2noc(C3CNC3)n2)cc1. The number of aromatic nitrogens is 2. The quantitative estimate of drug-likeness (QED) is 0.586. The van der Waals surface area contributed by atoms with E-state index in [0.717, 1.165) is 29.4 Å². The lowest BCUT2D eigenvalue weighted by molar-refractivity contribution is 0.308. The molecule has 3 rings (SSSR count). The largest absolute Gasteiger partial charge is 0.513 e. The van der Waals surface area contributed by atoms with Crippen LogP contribution in [-0.2, 0) is 0 Å². The van der Waals surface area contributed by atoms with Crippen LogP contribution in [0.2, 0.25) is 0 Å². The van der Waals surface area contributed by atoms with Gasteiger partial charge >= 0.3 is 0 Å². The van der Waals surface area contributed by atoms with E-state index >= 15 is 0 Å². The molecule has 1 aliphatic rings. The lowest BCUT2D eigenvalue weighted by Gasteiger charge is -2.22. The van der Waals surface area contributed by atoms with Crippen LogP contribution in [0.25, 0.3) is 11.4 Å². The van der Waals surface area contributed by atoms with Crippen LogP contribution in [0.5, 0.6) is 0 Å². The number of rotatable bonds is 2. The third kappa shape index (κ3) is 3.85. The minimum absolute atomic E-state index is 0.167. The van der Waals surface area contributed by atoms with E-state index in [9.17, 15) is 0 Å². The topological polar surface area (TPSA) is 71.2 Å². The molecule has 1 saturated heterocycles. The fourth-order valence-electron chi connectivity index (χ4n) is 1.59. The first-order valence-corrected chi connectivity index (χ1v) is 6.69. The van der Waals surface area contributed by atoms with Gasteiger partial charge in [-0.05, 0) is 31.2 Å². The monoisotopic (exact) mass is 291 g/mol. The number of hydrogen-bond acceptors (Lipinski definition) is 6. The summed E-state index contributed by atoms with van der Waals surface area (Å²) in [6.45, 7) is 6.49. The molecule has 1 fully saturated rings. The molecule has 20 heavy (non-hydrogen) atoms. The van der Waals surface area contributed by atoms with Crippen molar-refractivity contribution in [2.45, 2.75) is 17.7 Å². The highest BCUT2D eigenvalue weighted by molar-refractivity contribution is 7.80. The van der Waals surface area contributed by atoms with Crippen LogP contribution in [0.4, 0.5) is 0 Å². The van der Waals surface area contributed by atoms with E-state index in [1.807, 2.05) is 24.3 Å². The number of hydrogen-bond donors (Lipinski definition) is 3. The molecule has 0 unspecified atom stereocenters. The van der Waals surface area contributed by atoms with E-state index in [0.29, 0.717) is 11.7 Å². The normalized spacial score (nSPS) is 14.1. The number of allylic oxidation sites excluding steroid dienone is 1. The fraction of sp³-hybridized carbons (Fsp3) is 0.286. The van der Waals surface area contributed by atoms with Crippen molar-refractivity contribution in [1.82, 2.24) is 15.5 Å². The Balaban J connectivity index is 0.000000328. The molecular weight excluding hydrogens is 274 g/mol. The zero-order chi connectivity index (χ0) is 14.5. The summed E-state index contributed by atoms with van der Waals surface area (Å²) in [5.41, 5.74) is 0.958. The van der Waals surface area contributed by atoms with Crippen molar-refractivity contribution in [3.8, 4) is 11.4 Å². The Morgan fingerprint density at radius 2 is 2.00 bits per heavy atom. The average Bonchev–Trinajstić information content (AvgIpc) is 2.76. The summed E-state index contributed by atoms with van der Waals surface area (Å²) < 4.78 is 5.23. The lowest BCUT2D eigenvalue weighted by Crippen LogP contribution is -2.40. The molecule has 0 saturated carbocycles. The van der Waals surface area contributed by atoms with Gasteiger partial charge in [-0.3, -0.25) is 0 Å². The molecule has 0 atom stereocenters. The first-order valence-electron chi connectivity index (χ1n) is 6.24. The standard InChI is InChI=1S/C11H11N3OS.C3H6O/c16-9-3-1-7(2-4-9)10-13-11(15-14-10)8-5-12-6-8;1-3(2)4/h1-4,8,12,16H,5-6H2;4H,1H2,2H3. The molecule has 1 aromatic heterocycles. The summed E-state index contributed by atoms with van der Waals surface area (Å²) in [6.07, 6.45) is 0. The van der Waals surface area contributed by atoms with E-state index in [1.165, 1.54) is 6.92 Å². The molecule has 0 aliphatic carbocycles. The maximum Gasteiger partial charge on any atom is 0.232 e. The van der Waals surface area contributed by atoms with Crippen LogP contribution in [0.1, 0.15) is 18.7 Å². The van der Waals surface area contributed by atoms with Gasteiger partial charge in [-0.2, -0.15) is 4.98 Å². The number of aliphatic hydroxyl groups excluding tert-OH is 1. The van der Waals surface area contributed by atoms with Gasteiger partial charge in [0.15, 0.2) is 0 Å². The highest BCUT2D eigenvalue weighted by Gasteiger charge is 2.25. The van der Waals surface area contributed by atoms with Gasteiger partial charge in [0.05, 0.1) is 11.7 Å². The lowest BCUT2D eigenvalue weighted by atomic mass is 10.0. The molecule has 5 nitrogen and oxygen atoms in total. The van der Waals surface area contributed by atoms with Gasteiger partial charge in [0.2, 0.25) is 11.7 Å². The second-order valence-electron chi connectivity index (χ2n) is 4.59. The van der Waals surface area contributed by atoms with Crippen molar-refractivity contribution in [2.24, 2.45) is 0 Å². The van der Waals surface area contributed by atoms with Crippen molar-refractivity contribution < 1.29 is 9.63 Å². The Kier molecular flexibility index (Phi) is 4.81. The third-order valence-electron chi connectivity index (χ3n) is 2.70. The number of aliphatic hydroxyl groups is 1. The van der Waals surface area contributed by atoms with Crippen molar-refractivity contribution in [3.05, 3.63) is 42.5 Å². The second kappa shape index (κ2) is 6.58. The van der Waals surface area contributed by atoms with Gasteiger partial charge in [0.25, 0.3) is 0 Å². The van der Waals surface area contributed by atoms with Crippen LogP contribution in [0.3, 0.4) is 0 Å².